The second-order valence-corrected chi connectivity index (χ2v) is 7.46. The first-order valence-corrected chi connectivity index (χ1v) is 8.67. The van der Waals surface area contributed by atoms with Crippen LogP contribution in [-0.2, 0) is 12.8 Å². The Morgan fingerprint density at radius 1 is 1.05 bits per heavy atom. The highest BCUT2D eigenvalue weighted by atomic mass is 79.9. The fraction of sp³-hybridized carbons (Fsp3) is 0.647. The highest BCUT2D eigenvalue weighted by Gasteiger charge is 2.29. The molecule has 0 bridgehead atoms. The van der Waals surface area contributed by atoms with E-state index in [1.165, 1.54) is 55.0 Å². The third kappa shape index (κ3) is 3.10. The molecule has 0 saturated heterocycles. The predicted molar refractivity (Wildman–Crippen MR) is 87.9 cm³/mol. The molecule has 1 atom stereocenters. The molecule has 0 aromatic heterocycles. The van der Waals surface area contributed by atoms with Gasteiger partial charge in [-0.15, -0.1) is 0 Å². The molecule has 0 heterocycles. The summed E-state index contributed by atoms with van der Waals surface area (Å²) in [7, 11) is 2.33. The molecule has 3 rings (SSSR count). The molecule has 2 aliphatic carbocycles. The van der Waals surface area contributed by atoms with Gasteiger partial charge in [-0.25, -0.2) is 0 Å². The minimum atomic E-state index is 0.448. The van der Waals surface area contributed by atoms with E-state index in [0.29, 0.717) is 12.1 Å². The third-order valence-electron chi connectivity index (χ3n) is 5.26. The lowest BCUT2D eigenvalue weighted by Gasteiger charge is -2.40. The van der Waals surface area contributed by atoms with Gasteiger partial charge in [0.25, 0.3) is 0 Å². The van der Waals surface area contributed by atoms with E-state index in [1.807, 2.05) is 0 Å². The second kappa shape index (κ2) is 6.17. The lowest BCUT2D eigenvalue weighted by atomic mass is 9.85. The topological polar surface area (TPSA) is 29.3 Å². The highest BCUT2D eigenvalue weighted by Crippen LogP contribution is 2.30. The van der Waals surface area contributed by atoms with Crippen LogP contribution in [0.25, 0.3) is 0 Å². The molecule has 2 nitrogen and oxygen atoms in total. The minimum Gasteiger partial charge on any atom is -0.328 e. The van der Waals surface area contributed by atoms with Crippen LogP contribution in [-0.4, -0.2) is 30.1 Å². The Kier molecular flexibility index (Phi) is 4.49. The van der Waals surface area contributed by atoms with Gasteiger partial charge in [-0.05, 0) is 75.3 Å². The summed E-state index contributed by atoms with van der Waals surface area (Å²) in [6, 6.07) is 8.69. The van der Waals surface area contributed by atoms with E-state index < -0.39 is 0 Å². The van der Waals surface area contributed by atoms with E-state index in [2.05, 4.69) is 46.1 Å². The van der Waals surface area contributed by atoms with Crippen LogP contribution in [0.1, 0.15) is 43.2 Å². The lowest BCUT2D eigenvalue weighted by Crippen LogP contribution is -2.46. The number of likely N-dealkylation sites (N-methyl/N-ethyl adjacent to an activating group) is 1. The number of aryl methyl sites for hydroxylation is 1. The molecule has 1 unspecified atom stereocenters. The van der Waals surface area contributed by atoms with Crippen molar-refractivity contribution in [2.45, 2.75) is 63.1 Å². The average Bonchev–Trinajstić information content (AvgIpc) is 2.47. The normalized spacial score (nSPS) is 30.3. The minimum absolute atomic E-state index is 0.448. The van der Waals surface area contributed by atoms with Crippen molar-refractivity contribution in [2.75, 3.05) is 7.05 Å². The molecule has 1 aromatic rings. The first-order valence-electron chi connectivity index (χ1n) is 7.88. The number of rotatable bonds is 2. The number of benzene rings is 1. The average molecular weight is 337 g/mol. The summed E-state index contributed by atoms with van der Waals surface area (Å²) in [5.41, 5.74) is 9.11. The van der Waals surface area contributed by atoms with Crippen molar-refractivity contribution in [1.29, 1.82) is 0 Å². The van der Waals surface area contributed by atoms with Gasteiger partial charge in [-0.2, -0.15) is 0 Å². The Labute approximate surface area is 130 Å². The van der Waals surface area contributed by atoms with Gasteiger partial charge in [-0.1, -0.05) is 22.0 Å². The van der Waals surface area contributed by atoms with Gasteiger partial charge < -0.3 is 10.6 Å². The van der Waals surface area contributed by atoms with Gasteiger partial charge in [0.1, 0.15) is 0 Å². The van der Waals surface area contributed by atoms with Crippen LogP contribution in [0.2, 0.25) is 0 Å². The maximum absolute atomic E-state index is 6.03. The summed E-state index contributed by atoms with van der Waals surface area (Å²) in [6.45, 7) is 0. The molecule has 0 aliphatic heterocycles. The van der Waals surface area contributed by atoms with Crippen molar-refractivity contribution in [3.63, 3.8) is 0 Å². The number of hydrogen-bond donors (Lipinski definition) is 1. The first-order chi connectivity index (χ1) is 9.63. The van der Waals surface area contributed by atoms with Crippen LogP contribution in [0.5, 0.6) is 0 Å². The van der Waals surface area contributed by atoms with Crippen LogP contribution >= 0.6 is 15.9 Å². The van der Waals surface area contributed by atoms with E-state index in [0.717, 1.165) is 6.04 Å². The van der Waals surface area contributed by atoms with E-state index >= 15 is 0 Å². The number of halogens is 1. The highest BCUT2D eigenvalue weighted by molar-refractivity contribution is 9.10. The number of fused-ring (bicyclic) bond motifs is 1. The fourth-order valence-electron chi connectivity index (χ4n) is 3.86. The maximum atomic E-state index is 6.03. The van der Waals surface area contributed by atoms with Gasteiger partial charge in [-0.3, -0.25) is 0 Å². The van der Waals surface area contributed by atoms with E-state index in [-0.39, 0.29) is 0 Å². The molecule has 2 aliphatic rings. The zero-order valence-corrected chi connectivity index (χ0v) is 13.9. The summed E-state index contributed by atoms with van der Waals surface area (Å²) in [6.07, 6.45) is 8.68. The van der Waals surface area contributed by atoms with Crippen molar-refractivity contribution >= 4 is 15.9 Å². The largest absolute Gasteiger partial charge is 0.328 e. The predicted octanol–water partition coefficient (Wildman–Crippen LogP) is 3.51. The Bertz CT molecular complexity index is 466. The Balaban J connectivity index is 1.65. The van der Waals surface area contributed by atoms with Gasteiger partial charge in [0.05, 0.1) is 0 Å². The van der Waals surface area contributed by atoms with E-state index in [1.54, 1.807) is 5.56 Å². The molecule has 0 amide bonds. The first kappa shape index (κ1) is 14.6. The van der Waals surface area contributed by atoms with Gasteiger partial charge in [0, 0.05) is 22.6 Å². The SMILES string of the molecule is CN(C1CCC(N)CC1)C1CCc2cc(Br)ccc2C1. The summed E-state index contributed by atoms with van der Waals surface area (Å²) < 4.78 is 1.21. The fourth-order valence-corrected chi connectivity index (χ4v) is 4.27. The zero-order chi connectivity index (χ0) is 14.1. The molecule has 20 heavy (non-hydrogen) atoms. The van der Waals surface area contributed by atoms with Crippen molar-refractivity contribution in [3.8, 4) is 0 Å². The van der Waals surface area contributed by atoms with Crippen LogP contribution < -0.4 is 5.73 Å². The van der Waals surface area contributed by atoms with Crippen LogP contribution in [0.15, 0.2) is 22.7 Å². The monoisotopic (exact) mass is 336 g/mol. The Morgan fingerprint density at radius 3 is 2.55 bits per heavy atom. The van der Waals surface area contributed by atoms with Gasteiger partial charge in [0.15, 0.2) is 0 Å². The molecule has 1 saturated carbocycles. The number of hydrogen-bond acceptors (Lipinski definition) is 2. The number of nitrogens with zero attached hydrogens (tertiary/aromatic N) is 1. The molecule has 2 N–H and O–H groups in total. The van der Waals surface area contributed by atoms with Crippen LogP contribution in [0, 0.1) is 0 Å². The summed E-state index contributed by atoms with van der Waals surface area (Å²) in [4.78, 5) is 2.65. The summed E-state index contributed by atoms with van der Waals surface area (Å²) in [5, 5.41) is 0. The summed E-state index contributed by atoms with van der Waals surface area (Å²) >= 11 is 3.58. The summed E-state index contributed by atoms with van der Waals surface area (Å²) in [5.74, 6) is 0. The van der Waals surface area contributed by atoms with E-state index in [9.17, 15) is 0 Å². The van der Waals surface area contributed by atoms with Crippen molar-refractivity contribution < 1.29 is 0 Å². The quantitative estimate of drug-likeness (QED) is 0.895. The molecule has 1 aromatic carbocycles. The van der Waals surface area contributed by atoms with E-state index in [4.69, 9.17) is 5.73 Å². The molecule has 1 fully saturated rings. The molecular weight excluding hydrogens is 312 g/mol. The Hall–Kier alpha value is -0.380. The molecule has 3 heteroatoms. The molecule has 110 valence electrons. The molecule has 0 radical (unpaired) electrons. The van der Waals surface area contributed by atoms with Crippen LogP contribution in [0.4, 0.5) is 0 Å². The number of nitrogens with two attached hydrogens (primary N) is 1. The second-order valence-electron chi connectivity index (χ2n) is 6.54. The zero-order valence-electron chi connectivity index (χ0n) is 12.3. The Morgan fingerprint density at radius 2 is 1.80 bits per heavy atom. The van der Waals surface area contributed by atoms with Gasteiger partial charge >= 0.3 is 0 Å². The van der Waals surface area contributed by atoms with Crippen LogP contribution in [0.3, 0.4) is 0 Å². The van der Waals surface area contributed by atoms with Crippen molar-refractivity contribution in [1.82, 2.24) is 4.90 Å². The maximum Gasteiger partial charge on any atom is 0.0178 e. The molecular formula is C17H25BrN2. The third-order valence-corrected chi connectivity index (χ3v) is 5.76. The lowest BCUT2D eigenvalue weighted by molar-refractivity contribution is 0.122. The van der Waals surface area contributed by atoms with Gasteiger partial charge in [0.2, 0.25) is 0 Å². The van der Waals surface area contributed by atoms with Crippen molar-refractivity contribution in [3.05, 3.63) is 33.8 Å². The van der Waals surface area contributed by atoms with Crippen molar-refractivity contribution in [2.24, 2.45) is 5.73 Å². The smallest absolute Gasteiger partial charge is 0.0178 e. The molecule has 0 spiro atoms. The standard InChI is InChI=1S/C17H25BrN2/c1-20(16-8-5-15(19)6-9-16)17-7-3-12-10-14(18)4-2-13(12)11-17/h2,4,10,15-17H,3,5-9,11,19H2,1H3.